The smallest absolute Gasteiger partial charge is 0.264 e. The molecular weight excluding hydrogens is 502 g/mol. The van der Waals surface area contributed by atoms with Crippen LogP contribution in [-0.2, 0) is 26.2 Å². The van der Waals surface area contributed by atoms with Gasteiger partial charge < -0.3 is 15.0 Å². The number of carbonyl (C=O) groups is 2. The van der Waals surface area contributed by atoms with E-state index in [-0.39, 0.29) is 23.0 Å². The van der Waals surface area contributed by atoms with E-state index in [1.54, 1.807) is 73.7 Å². The fourth-order valence-electron chi connectivity index (χ4n) is 3.57. The van der Waals surface area contributed by atoms with Crippen LogP contribution in [0.2, 0.25) is 5.02 Å². The molecule has 0 aliphatic carbocycles. The van der Waals surface area contributed by atoms with Crippen LogP contribution in [0, 0.1) is 0 Å². The zero-order valence-corrected chi connectivity index (χ0v) is 21.8. The third-order valence-corrected chi connectivity index (χ3v) is 7.69. The minimum atomic E-state index is -4.11. The molecule has 10 heteroatoms. The lowest BCUT2D eigenvalue weighted by atomic mass is 10.1. The first-order valence-corrected chi connectivity index (χ1v) is 13.0. The molecular formula is C26H28ClN3O5S. The van der Waals surface area contributed by atoms with E-state index in [9.17, 15) is 18.0 Å². The molecule has 0 aliphatic heterocycles. The molecule has 0 heterocycles. The van der Waals surface area contributed by atoms with Gasteiger partial charge in [-0.15, -0.1) is 0 Å². The maximum absolute atomic E-state index is 13.7. The fourth-order valence-corrected chi connectivity index (χ4v) is 5.14. The zero-order valence-electron chi connectivity index (χ0n) is 20.2. The van der Waals surface area contributed by atoms with Crippen LogP contribution in [-0.4, -0.2) is 51.9 Å². The van der Waals surface area contributed by atoms with E-state index in [0.29, 0.717) is 10.8 Å². The molecule has 0 unspecified atom stereocenters. The molecule has 0 aliphatic rings. The van der Waals surface area contributed by atoms with Gasteiger partial charge in [-0.3, -0.25) is 13.9 Å². The van der Waals surface area contributed by atoms with Gasteiger partial charge in [0.15, 0.2) is 0 Å². The van der Waals surface area contributed by atoms with Gasteiger partial charge in [-0.05, 0) is 61.0 Å². The molecule has 0 bridgehead atoms. The molecule has 0 spiro atoms. The Kier molecular flexibility index (Phi) is 8.95. The van der Waals surface area contributed by atoms with Crippen molar-refractivity contribution in [3.63, 3.8) is 0 Å². The van der Waals surface area contributed by atoms with Crippen molar-refractivity contribution >= 4 is 39.1 Å². The number of sulfonamides is 1. The molecule has 0 aromatic heterocycles. The summed E-state index contributed by atoms with van der Waals surface area (Å²) in [4.78, 5) is 27.5. The average molecular weight is 530 g/mol. The first-order valence-electron chi connectivity index (χ1n) is 11.1. The van der Waals surface area contributed by atoms with Gasteiger partial charge in [-0.25, -0.2) is 8.42 Å². The number of halogens is 1. The Hall–Kier alpha value is -3.56. The molecule has 0 saturated heterocycles. The number of anilines is 1. The van der Waals surface area contributed by atoms with E-state index >= 15 is 0 Å². The molecule has 0 radical (unpaired) electrons. The van der Waals surface area contributed by atoms with Crippen molar-refractivity contribution in [2.75, 3.05) is 25.0 Å². The summed E-state index contributed by atoms with van der Waals surface area (Å²) in [7, 11) is -1.12. The van der Waals surface area contributed by atoms with Crippen LogP contribution in [0.25, 0.3) is 0 Å². The lowest BCUT2D eigenvalue weighted by Crippen LogP contribution is -2.50. The summed E-state index contributed by atoms with van der Waals surface area (Å²) in [6.07, 6.45) is 0. The van der Waals surface area contributed by atoms with Crippen LogP contribution in [0.4, 0.5) is 5.69 Å². The lowest BCUT2D eigenvalue weighted by Gasteiger charge is -2.31. The minimum Gasteiger partial charge on any atom is -0.497 e. The van der Waals surface area contributed by atoms with E-state index in [0.717, 1.165) is 9.87 Å². The maximum atomic E-state index is 13.7. The Morgan fingerprint density at radius 2 is 1.58 bits per heavy atom. The molecule has 3 aromatic carbocycles. The van der Waals surface area contributed by atoms with E-state index in [2.05, 4.69) is 5.32 Å². The van der Waals surface area contributed by atoms with Gasteiger partial charge in [-0.1, -0.05) is 41.9 Å². The second-order valence-corrected chi connectivity index (χ2v) is 10.3. The van der Waals surface area contributed by atoms with Crippen LogP contribution in [0.3, 0.4) is 0 Å². The number of hydrogen-bond acceptors (Lipinski definition) is 5. The van der Waals surface area contributed by atoms with Crippen molar-refractivity contribution in [3.8, 4) is 5.75 Å². The Morgan fingerprint density at radius 3 is 2.14 bits per heavy atom. The summed E-state index contributed by atoms with van der Waals surface area (Å²) < 4.78 is 33.5. The van der Waals surface area contributed by atoms with Crippen LogP contribution in [0.15, 0.2) is 83.8 Å². The number of likely N-dealkylation sites (N-methyl/N-ethyl adjacent to an activating group) is 1. The summed E-state index contributed by atoms with van der Waals surface area (Å²) in [5, 5.41) is 3.09. The molecule has 3 rings (SSSR count). The van der Waals surface area contributed by atoms with Gasteiger partial charge in [0.25, 0.3) is 10.0 Å². The Labute approximate surface area is 216 Å². The summed E-state index contributed by atoms with van der Waals surface area (Å²) in [6.45, 7) is 1.17. The number of carbonyl (C=O) groups excluding carboxylic acids is 2. The monoisotopic (exact) mass is 529 g/mol. The van der Waals surface area contributed by atoms with Crippen molar-refractivity contribution in [2.24, 2.45) is 0 Å². The van der Waals surface area contributed by atoms with Gasteiger partial charge in [0.1, 0.15) is 18.3 Å². The molecule has 8 nitrogen and oxygen atoms in total. The number of ether oxygens (including phenoxy) is 1. The highest BCUT2D eigenvalue weighted by molar-refractivity contribution is 7.92. The van der Waals surface area contributed by atoms with Crippen molar-refractivity contribution < 1.29 is 22.7 Å². The summed E-state index contributed by atoms with van der Waals surface area (Å²) in [5.74, 6) is -0.379. The summed E-state index contributed by atoms with van der Waals surface area (Å²) in [6, 6.07) is 20.3. The highest BCUT2D eigenvalue weighted by atomic mass is 35.5. The first-order chi connectivity index (χ1) is 17.2. The second kappa shape index (κ2) is 11.9. The lowest BCUT2D eigenvalue weighted by molar-refractivity contribution is -0.139. The number of amides is 2. The van der Waals surface area contributed by atoms with E-state index in [1.165, 1.54) is 31.2 Å². The molecule has 3 aromatic rings. The molecule has 0 saturated carbocycles. The molecule has 36 heavy (non-hydrogen) atoms. The van der Waals surface area contributed by atoms with Crippen molar-refractivity contribution in [1.82, 2.24) is 10.2 Å². The van der Waals surface area contributed by atoms with Crippen molar-refractivity contribution in [3.05, 3.63) is 89.4 Å². The van der Waals surface area contributed by atoms with Crippen molar-refractivity contribution in [2.45, 2.75) is 24.4 Å². The van der Waals surface area contributed by atoms with E-state index in [4.69, 9.17) is 16.3 Å². The fraction of sp³-hybridized carbons (Fsp3) is 0.231. The first kappa shape index (κ1) is 27.0. The molecule has 190 valence electrons. The normalized spacial score (nSPS) is 11.9. The quantitative estimate of drug-likeness (QED) is 0.432. The number of rotatable bonds is 10. The predicted octanol–water partition coefficient (Wildman–Crippen LogP) is 3.71. The topological polar surface area (TPSA) is 96.0 Å². The van der Waals surface area contributed by atoms with Gasteiger partial charge >= 0.3 is 0 Å². The SMILES string of the molecule is CNC(=O)[C@H](C)N(Cc1ccc(Cl)cc1)C(=O)CN(c1ccc(OC)cc1)S(=O)(=O)c1ccccc1. The standard InChI is InChI=1S/C26H28ClN3O5S/c1-19(26(32)28-2)29(17-20-9-11-21(27)12-10-20)25(31)18-30(22-13-15-23(35-3)16-14-22)36(33,34)24-7-5-4-6-8-24/h4-16,19H,17-18H2,1-3H3,(H,28,32)/t19-/m0/s1. The summed E-state index contributed by atoms with van der Waals surface area (Å²) >= 11 is 5.99. The average Bonchev–Trinajstić information content (AvgIpc) is 2.90. The Morgan fingerprint density at radius 1 is 0.972 bits per heavy atom. The number of hydrogen-bond donors (Lipinski definition) is 1. The van der Waals surface area contributed by atoms with Gasteiger partial charge in [-0.2, -0.15) is 0 Å². The number of methoxy groups -OCH3 is 1. The van der Waals surface area contributed by atoms with E-state index < -0.39 is 28.5 Å². The largest absolute Gasteiger partial charge is 0.497 e. The third-order valence-electron chi connectivity index (χ3n) is 5.65. The second-order valence-electron chi connectivity index (χ2n) is 7.96. The number of nitrogens with zero attached hydrogens (tertiary/aromatic N) is 2. The van der Waals surface area contributed by atoms with Gasteiger partial charge in [0.2, 0.25) is 11.8 Å². The molecule has 0 fully saturated rings. The summed E-state index contributed by atoms with van der Waals surface area (Å²) in [5.41, 5.74) is 1.03. The zero-order chi connectivity index (χ0) is 26.3. The van der Waals surface area contributed by atoms with Gasteiger partial charge in [0.05, 0.1) is 17.7 Å². The Balaban J connectivity index is 2.01. The Bertz CT molecular complexity index is 1280. The van der Waals surface area contributed by atoms with E-state index in [1.807, 2.05) is 0 Å². The van der Waals surface area contributed by atoms with Crippen LogP contribution < -0.4 is 14.4 Å². The van der Waals surface area contributed by atoms with Crippen LogP contribution in [0.5, 0.6) is 5.75 Å². The van der Waals surface area contributed by atoms with Crippen LogP contribution in [0.1, 0.15) is 12.5 Å². The number of benzene rings is 3. The maximum Gasteiger partial charge on any atom is 0.264 e. The van der Waals surface area contributed by atoms with Crippen LogP contribution >= 0.6 is 11.6 Å². The minimum absolute atomic E-state index is 0.0391. The van der Waals surface area contributed by atoms with Gasteiger partial charge in [0, 0.05) is 18.6 Å². The molecule has 1 N–H and O–H groups in total. The predicted molar refractivity (Wildman–Crippen MR) is 139 cm³/mol. The highest BCUT2D eigenvalue weighted by Crippen LogP contribution is 2.26. The molecule has 1 atom stereocenters. The molecule has 2 amide bonds. The third kappa shape index (κ3) is 6.35. The highest BCUT2D eigenvalue weighted by Gasteiger charge is 2.32. The van der Waals surface area contributed by atoms with Crippen molar-refractivity contribution in [1.29, 1.82) is 0 Å². The number of nitrogens with one attached hydrogen (secondary N) is 1.